The molecule has 14 heavy (non-hydrogen) atoms. The van der Waals surface area contributed by atoms with Crippen molar-refractivity contribution in [3.8, 4) is 0 Å². The summed E-state index contributed by atoms with van der Waals surface area (Å²) < 4.78 is 45.9. The molecule has 9 heteroatoms. The highest BCUT2D eigenvalue weighted by Crippen LogP contribution is 2.57. The summed E-state index contributed by atoms with van der Waals surface area (Å²) in [6.45, 7) is 0. The van der Waals surface area contributed by atoms with Crippen molar-refractivity contribution in [1.29, 1.82) is 0 Å². The van der Waals surface area contributed by atoms with Crippen LogP contribution in [-0.4, -0.2) is 34.1 Å². The lowest BCUT2D eigenvalue weighted by atomic mass is 10.2. The predicted molar refractivity (Wildman–Crippen MR) is 41.0 cm³/mol. The molecule has 0 radical (unpaired) electrons. The first-order valence-electron chi connectivity index (χ1n) is 3.45. The van der Waals surface area contributed by atoms with Crippen molar-refractivity contribution >= 4 is 13.3 Å². The Kier molecular flexibility index (Phi) is 4.11. The van der Waals surface area contributed by atoms with Gasteiger partial charge in [-0.15, -0.1) is 0 Å². The molecule has 2 unspecified atom stereocenters. The average Bonchev–Trinajstić information content (AvgIpc) is 1.97. The molecule has 84 valence electrons. The van der Waals surface area contributed by atoms with Crippen LogP contribution in [0.3, 0.4) is 0 Å². The van der Waals surface area contributed by atoms with Gasteiger partial charge in [-0.2, -0.15) is 13.2 Å². The molecule has 5 nitrogen and oxygen atoms in total. The van der Waals surface area contributed by atoms with Crippen LogP contribution in [0.2, 0.25) is 0 Å². The molecule has 0 aromatic carbocycles. The minimum atomic E-state index is -5.31. The number of carboxylic acids is 1. The Morgan fingerprint density at radius 3 is 2.21 bits per heavy atom. The summed E-state index contributed by atoms with van der Waals surface area (Å²) in [5, 5.41) is 8.20. The van der Waals surface area contributed by atoms with Gasteiger partial charge in [0.15, 0.2) is 0 Å². The Morgan fingerprint density at radius 2 is 1.93 bits per heavy atom. The Balaban J connectivity index is 4.28. The van der Waals surface area contributed by atoms with E-state index < -0.39 is 37.9 Å². The molecule has 0 amide bonds. The van der Waals surface area contributed by atoms with Crippen LogP contribution in [0.25, 0.3) is 0 Å². The second-order valence-electron chi connectivity index (χ2n) is 2.63. The van der Waals surface area contributed by atoms with Gasteiger partial charge in [0.1, 0.15) is 6.04 Å². The summed E-state index contributed by atoms with van der Waals surface area (Å²) in [6.07, 6.45) is -1.87. The Morgan fingerprint density at radius 1 is 1.50 bits per heavy atom. The van der Waals surface area contributed by atoms with Crippen LogP contribution >= 0.6 is 7.37 Å². The lowest BCUT2D eigenvalue weighted by Gasteiger charge is -2.15. The molecule has 0 aliphatic carbocycles. The van der Waals surface area contributed by atoms with E-state index in [-0.39, 0.29) is 0 Å². The van der Waals surface area contributed by atoms with Gasteiger partial charge in [0.2, 0.25) is 0 Å². The third-order valence-corrected chi connectivity index (χ3v) is 3.11. The summed E-state index contributed by atoms with van der Waals surface area (Å²) in [7, 11) is -5.31. The van der Waals surface area contributed by atoms with Crippen molar-refractivity contribution in [3.63, 3.8) is 0 Å². The Labute approximate surface area is 77.2 Å². The van der Waals surface area contributed by atoms with E-state index in [4.69, 9.17) is 15.7 Å². The number of alkyl halides is 3. The summed E-state index contributed by atoms with van der Waals surface area (Å²) >= 11 is 0. The predicted octanol–water partition coefficient (Wildman–Crippen LogP) is 0.579. The smallest absolute Gasteiger partial charge is 0.465 e. The van der Waals surface area contributed by atoms with E-state index in [1.807, 2.05) is 0 Å². The van der Waals surface area contributed by atoms with Crippen LogP contribution in [-0.2, 0) is 9.36 Å². The minimum Gasteiger partial charge on any atom is -0.480 e. The number of rotatable bonds is 4. The number of halogens is 3. The third-order valence-electron chi connectivity index (χ3n) is 1.46. The first kappa shape index (κ1) is 13.4. The largest absolute Gasteiger partial charge is 0.480 e. The van der Waals surface area contributed by atoms with E-state index in [0.29, 0.717) is 0 Å². The molecule has 0 aliphatic heterocycles. The average molecular weight is 235 g/mol. The summed E-state index contributed by atoms with van der Waals surface area (Å²) in [4.78, 5) is 18.6. The molecule has 0 saturated heterocycles. The zero-order valence-electron chi connectivity index (χ0n) is 6.86. The minimum absolute atomic E-state index is 0.692. The molecule has 2 atom stereocenters. The van der Waals surface area contributed by atoms with Gasteiger partial charge in [-0.05, 0) is 6.42 Å². The highest BCUT2D eigenvalue weighted by atomic mass is 31.2. The monoisotopic (exact) mass is 235 g/mol. The molecule has 0 spiro atoms. The number of carbonyl (C=O) groups is 1. The summed E-state index contributed by atoms with van der Waals surface area (Å²) in [5.41, 5.74) is 4.87. The van der Waals surface area contributed by atoms with Gasteiger partial charge in [-0.25, -0.2) is 0 Å². The maximum atomic E-state index is 11.8. The van der Waals surface area contributed by atoms with Gasteiger partial charge < -0.3 is 15.7 Å². The van der Waals surface area contributed by atoms with Crippen LogP contribution in [0.1, 0.15) is 6.42 Å². The maximum Gasteiger partial charge on any atom is 0.465 e. The molecule has 0 aliphatic rings. The SMILES string of the molecule is NC(CCP(=O)(O)C(F)(F)F)C(=O)O. The molecule has 0 aromatic heterocycles. The van der Waals surface area contributed by atoms with Crippen LogP contribution in [0.4, 0.5) is 13.2 Å². The van der Waals surface area contributed by atoms with Crippen LogP contribution < -0.4 is 5.73 Å². The lowest BCUT2D eigenvalue weighted by Crippen LogP contribution is -2.31. The van der Waals surface area contributed by atoms with Gasteiger partial charge in [-0.3, -0.25) is 9.36 Å². The zero-order chi connectivity index (χ0) is 11.6. The van der Waals surface area contributed by atoms with E-state index in [0.717, 1.165) is 0 Å². The topological polar surface area (TPSA) is 101 Å². The highest BCUT2D eigenvalue weighted by molar-refractivity contribution is 7.59. The molecule has 0 aromatic rings. The second-order valence-corrected chi connectivity index (χ2v) is 4.98. The van der Waals surface area contributed by atoms with E-state index in [9.17, 15) is 22.5 Å². The fourth-order valence-corrected chi connectivity index (χ4v) is 1.45. The van der Waals surface area contributed by atoms with Crippen molar-refractivity contribution in [3.05, 3.63) is 0 Å². The van der Waals surface area contributed by atoms with E-state index in [1.165, 1.54) is 0 Å². The van der Waals surface area contributed by atoms with Crippen LogP contribution in [0.15, 0.2) is 0 Å². The van der Waals surface area contributed by atoms with Crippen molar-refractivity contribution in [2.24, 2.45) is 5.73 Å². The number of hydrogen-bond acceptors (Lipinski definition) is 3. The molecule has 0 fully saturated rings. The van der Waals surface area contributed by atoms with Gasteiger partial charge in [0, 0.05) is 6.16 Å². The standard InChI is InChI=1S/C5H9F3NO4P/c6-5(7,8)14(12,13)2-1-3(9)4(10)11/h3H,1-2,9H2,(H,10,11)(H,12,13). The van der Waals surface area contributed by atoms with Crippen molar-refractivity contribution in [1.82, 2.24) is 0 Å². The third kappa shape index (κ3) is 3.65. The van der Waals surface area contributed by atoms with Crippen LogP contribution in [0, 0.1) is 0 Å². The fraction of sp³-hybridized carbons (Fsp3) is 0.800. The van der Waals surface area contributed by atoms with E-state index >= 15 is 0 Å². The van der Waals surface area contributed by atoms with Gasteiger partial charge in [0.25, 0.3) is 0 Å². The van der Waals surface area contributed by atoms with Crippen molar-refractivity contribution in [2.75, 3.05) is 6.16 Å². The molecule has 4 N–H and O–H groups in total. The first-order valence-corrected chi connectivity index (χ1v) is 5.29. The van der Waals surface area contributed by atoms with E-state index in [2.05, 4.69) is 0 Å². The number of hydrogen-bond donors (Lipinski definition) is 3. The zero-order valence-corrected chi connectivity index (χ0v) is 7.76. The highest BCUT2D eigenvalue weighted by Gasteiger charge is 2.49. The molecule has 0 saturated carbocycles. The Hall–Kier alpha value is -0.590. The maximum absolute atomic E-state index is 11.8. The molecular formula is C5H9F3NO4P. The molecule has 0 heterocycles. The molecular weight excluding hydrogens is 226 g/mol. The summed E-state index contributed by atoms with van der Waals surface area (Å²) in [5.74, 6) is -6.72. The van der Waals surface area contributed by atoms with Gasteiger partial charge in [0.05, 0.1) is 0 Å². The number of carboxylic acid groups (broad SMARTS) is 1. The summed E-state index contributed by atoms with van der Waals surface area (Å²) in [6, 6.07) is -1.56. The quantitative estimate of drug-likeness (QED) is 0.618. The number of aliphatic carboxylic acids is 1. The second kappa shape index (κ2) is 4.29. The van der Waals surface area contributed by atoms with Crippen molar-refractivity contribution in [2.45, 2.75) is 18.4 Å². The van der Waals surface area contributed by atoms with Crippen LogP contribution in [0.5, 0.6) is 0 Å². The Bertz CT molecular complexity index is 266. The lowest BCUT2D eigenvalue weighted by molar-refractivity contribution is -0.138. The van der Waals surface area contributed by atoms with Gasteiger partial charge >= 0.3 is 19.3 Å². The number of nitrogens with two attached hydrogens (primary N) is 1. The van der Waals surface area contributed by atoms with Gasteiger partial charge in [-0.1, -0.05) is 0 Å². The first-order chi connectivity index (χ1) is 6.08. The molecule has 0 bridgehead atoms. The molecule has 0 rings (SSSR count). The fourth-order valence-electron chi connectivity index (χ4n) is 0.564. The van der Waals surface area contributed by atoms with E-state index in [1.54, 1.807) is 0 Å². The van der Waals surface area contributed by atoms with Crippen molar-refractivity contribution < 1.29 is 32.5 Å². The normalized spacial score (nSPS) is 18.6.